The van der Waals surface area contributed by atoms with Gasteiger partial charge in [0.25, 0.3) is 0 Å². The Balaban J connectivity index is 1.94. The second-order valence-electron chi connectivity index (χ2n) is 17.2. The van der Waals surface area contributed by atoms with Crippen molar-refractivity contribution in [1.29, 1.82) is 0 Å². The van der Waals surface area contributed by atoms with E-state index in [4.69, 9.17) is 0 Å². The first-order valence-electron chi connectivity index (χ1n) is 18.4. The maximum Gasteiger partial charge on any atom is 0.0121 e. The van der Waals surface area contributed by atoms with Crippen LogP contribution in [0, 0.1) is 35.5 Å². The van der Waals surface area contributed by atoms with Gasteiger partial charge in [0.15, 0.2) is 0 Å². The minimum absolute atomic E-state index is 0.291. The molecule has 5 rings (SSSR count). The molecule has 0 aliphatic heterocycles. The van der Waals surface area contributed by atoms with E-state index in [1.165, 1.54) is 63.6 Å². The lowest BCUT2D eigenvalue weighted by Gasteiger charge is -2.51. The van der Waals surface area contributed by atoms with Gasteiger partial charge in [0.05, 0.1) is 0 Å². The number of hydrogen-bond acceptors (Lipinski definition) is 0. The van der Waals surface area contributed by atoms with Crippen LogP contribution in [0.5, 0.6) is 0 Å². The van der Waals surface area contributed by atoms with Crippen molar-refractivity contribution in [3.63, 3.8) is 0 Å². The highest BCUT2D eigenvalue weighted by Crippen LogP contribution is 2.61. The fourth-order valence-corrected chi connectivity index (χ4v) is 11.7. The summed E-state index contributed by atoms with van der Waals surface area (Å²) < 4.78 is 0. The SMILES string of the molecule is CC(C)C(c1ccc2cc3cc4cc5ccccc5cc4cc3cc2c1C(C(C)C)C([SiH3])(C(C)C)C(C)C)C([SiH3])(C(C)C)C(C)C. The molecule has 5 aromatic rings. The number of fused-ring (bicyclic) bond motifs is 4. The van der Waals surface area contributed by atoms with E-state index in [9.17, 15) is 0 Å². The predicted octanol–water partition coefficient (Wildman–Crippen LogP) is 11.5. The van der Waals surface area contributed by atoms with E-state index in [1.807, 2.05) is 0 Å². The topological polar surface area (TPSA) is 0 Å². The summed E-state index contributed by atoms with van der Waals surface area (Å²) in [6.45, 7) is 30.1. The Morgan fingerprint density at radius 3 is 1.20 bits per heavy atom. The summed E-state index contributed by atoms with van der Waals surface area (Å²) >= 11 is 0. The van der Waals surface area contributed by atoms with Crippen LogP contribution in [0.4, 0.5) is 0 Å². The van der Waals surface area contributed by atoms with E-state index in [0.717, 1.165) is 0 Å². The minimum atomic E-state index is 0.291. The molecule has 5 aromatic carbocycles. The fourth-order valence-electron chi connectivity index (χ4n) is 9.72. The molecule has 0 bridgehead atoms. The van der Waals surface area contributed by atoms with Crippen LogP contribution in [0.25, 0.3) is 43.1 Å². The summed E-state index contributed by atoms with van der Waals surface area (Å²) in [5, 5.41) is 11.5. The summed E-state index contributed by atoms with van der Waals surface area (Å²) in [7, 11) is 2.36. The standard InChI is InChI=1S/C44H62Si2/c1-25(2)41(43(45,27(5)6)28(7)8)38-18-17-33-21-36-22-34-19-31-15-13-14-16-32(31)20-35(34)23-37(36)24-39(33)40(38)42(26(3)4)44(46,29(9)10)30(11)12/h13-30,41-42H,1-12,45-46H3. The van der Waals surface area contributed by atoms with E-state index in [-0.39, 0.29) is 0 Å². The number of benzene rings is 5. The number of rotatable bonds is 10. The molecule has 0 nitrogen and oxygen atoms in total. The Labute approximate surface area is 287 Å². The molecule has 46 heavy (non-hydrogen) atoms. The molecule has 246 valence electrons. The van der Waals surface area contributed by atoms with Gasteiger partial charge in [0.1, 0.15) is 0 Å². The monoisotopic (exact) mass is 646 g/mol. The second kappa shape index (κ2) is 12.9. The minimum Gasteiger partial charge on any atom is -0.0625 e. The van der Waals surface area contributed by atoms with Gasteiger partial charge < -0.3 is 0 Å². The molecule has 0 aliphatic rings. The van der Waals surface area contributed by atoms with Crippen molar-refractivity contribution >= 4 is 63.6 Å². The van der Waals surface area contributed by atoms with Gasteiger partial charge in [-0.1, -0.05) is 119 Å². The predicted molar refractivity (Wildman–Crippen MR) is 216 cm³/mol. The Morgan fingerprint density at radius 2 is 0.783 bits per heavy atom. The lowest BCUT2D eigenvalue weighted by molar-refractivity contribution is 0.207. The first-order valence-corrected chi connectivity index (χ1v) is 20.4. The van der Waals surface area contributed by atoms with E-state index in [2.05, 4.69) is 156 Å². The molecule has 0 N–H and O–H groups in total. The van der Waals surface area contributed by atoms with Crippen molar-refractivity contribution in [3.05, 3.63) is 83.9 Å². The lowest BCUT2D eigenvalue weighted by Crippen LogP contribution is -2.39. The second-order valence-corrected chi connectivity index (χ2v) is 20.6. The first-order chi connectivity index (χ1) is 21.5. The highest BCUT2D eigenvalue weighted by molar-refractivity contribution is 6.17. The molecule has 0 aliphatic carbocycles. The van der Waals surface area contributed by atoms with Gasteiger partial charge in [0.2, 0.25) is 0 Å². The molecule has 0 spiro atoms. The van der Waals surface area contributed by atoms with Crippen molar-refractivity contribution in [2.75, 3.05) is 0 Å². The van der Waals surface area contributed by atoms with Gasteiger partial charge >= 0.3 is 0 Å². The van der Waals surface area contributed by atoms with E-state index < -0.39 is 0 Å². The van der Waals surface area contributed by atoms with Crippen molar-refractivity contribution in [1.82, 2.24) is 0 Å². The van der Waals surface area contributed by atoms with Crippen LogP contribution in [0.3, 0.4) is 0 Å². The van der Waals surface area contributed by atoms with Gasteiger partial charge in [-0.2, -0.15) is 0 Å². The summed E-state index contributed by atoms with van der Waals surface area (Å²) in [4.78, 5) is 0. The molecule has 0 aromatic heterocycles. The van der Waals surface area contributed by atoms with E-state index in [0.29, 0.717) is 57.4 Å². The normalized spacial score (nSPS) is 15.0. The van der Waals surface area contributed by atoms with Crippen molar-refractivity contribution in [2.24, 2.45) is 35.5 Å². The summed E-state index contributed by atoms with van der Waals surface area (Å²) in [5.41, 5.74) is 3.34. The number of hydrogen-bond donors (Lipinski definition) is 0. The molecule has 0 fully saturated rings. The van der Waals surface area contributed by atoms with Gasteiger partial charge in [-0.3, -0.25) is 0 Å². The molecule has 0 radical (unpaired) electrons. The molecule has 2 atom stereocenters. The van der Waals surface area contributed by atoms with Gasteiger partial charge in [-0.15, -0.1) is 0 Å². The fraction of sp³-hybridized carbons (Fsp3) is 0.500. The maximum absolute atomic E-state index is 2.61. The van der Waals surface area contributed by atoms with Crippen LogP contribution in [0.2, 0.25) is 10.1 Å². The highest BCUT2D eigenvalue weighted by Gasteiger charge is 2.47. The summed E-state index contributed by atoms with van der Waals surface area (Å²) in [6, 6.07) is 28.7. The average molecular weight is 647 g/mol. The van der Waals surface area contributed by atoms with E-state index >= 15 is 0 Å². The zero-order valence-corrected chi connectivity index (χ0v) is 35.5. The highest BCUT2D eigenvalue weighted by atomic mass is 28.1. The zero-order chi connectivity index (χ0) is 33.9. The Bertz CT molecular complexity index is 1840. The van der Waals surface area contributed by atoms with Gasteiger partial charge in [-0.25, -0.2) is 0 Å². The third kappa shape index (κ3) is 5.70. The molecule has 0 saturated heterocycles. The maximum atomic E-state index is 2.61. The quantitative estimate of drug-likeness (QED) is 0.105. The Kier molecular flexibility index (Phi) is 9.77. The van der Waals surface area contributed by atoms with Crippen molar-refractivity contribution < 1.29 is 0 Å². The van der Waals surface area contributed by atoms with Crippen molar-refractivity contribution in [2.45, 2.75) is 105 Å². The third-order valence-corrected chi connectivity index (χ3v) is 19.0. The molecule has 0 heterocycles. The summed E-state index contributed by atoms with van der Waals surface area (Å²) in [6.07, 6.45) is 0. The largest absolute Gasteiger partial charge is 0.0625 e. The molecular weight excluding hydrogens is 585 g/mol. The van der Waals surface area contributed by atoms with Crippen LogP contribution in [-0.2, 0) is 0 Å². The van der Waals surface area contributed by atoms with Crippen LogP contribution < -0.4 is 0 Å². The lowest BCUT2D eigenvalue weighted by atomic mass is 9.61. The van der Waals surface area contributed by atoms with E-state index in [1.54, 1.807) is 11.1 Å². The Morgan fingerprint density at radius 1 is 0.413 bits per heavy atom. The zero-order valence-electron chi connectivity index (χ0n) is 31.5. The molecule has 2 heteroatoms. The van der Waals surface area contributed by atoms with Crippen molar-refractivity contribution in [3.8, 4) is 0 Å². The van der Waals surface area contributed by atoms with Gasteiger partial charge in [0, 0.05) is 20.5 Å². The third-order valence-electron chi connectivity index (χ3n) is 13.2. The molecular formula is C44H62Si2. The van der Waals surface area contributed by atoms with Crippen LogP contribution in [-0.4, -0.2) is 20.5 Å². The van der Waals surface area contributed by atoms with Gasteiger partial charge in [-0.05, 0) is 148 Å². The molecule has 0 saturated carbocycles. The Hall–Kier alpha value is -2.43. The van der Waals surface area contributed by atoms with Crippen LogP contribution in [0.15, 0.2) is 72.8 Å². The van der Waals surface area contributed by atoms with Crippen LogP contribution in [0.1, 0.15) is 106 Å². The average Bonchev–Trinajstić information content (AvgIpc) is 2.98. The molecule has 2 unspecified atom stereocenters. The molecule has 0 amide bonds. The summed E-state index contributed by atoms with van der Waals surface area (Å²) in [5.74, 6) is 4.70. The van der Waals surface area contributed by atoms with Crippen LogP contribution >= 0.6 is 0 Å². The smallest absolute Gasteiger partial charge is 0.0121 e. The first kappa shape index (κ1) is 34.9.